The Morgan fingerprint density at radius 3 is 2.53 bits per heavy atom. The average Bonchev–Trinajstić information content (AvgIpc) is 3.02. The van der Waals surface area contributed by atoms with E-state index >= 15 is 0 Å². The molecule has 4 rings (SSSR count). The molecule has 32 heavy (non-hydrogen) atoms. The summed E-state index contributed by atoms with van der Waals surface area (Å²) >= 11 is 7.96. The number of aromatic nitrogens is 1. The van der Waals surface area contributed by atoms with Crippen molar-refractivity contribution in [1.82, 2.24) is 4.57 Å². The molecule has 5 heteroatoms. The number of nitrogens with zero attached hydrogens (tertiary/aromatic N) is 1. The summed E-state index contributed by atoms with van der Waals surface area (Å²) in [4.78, 5) is 13.8. The summed E-state index contributed by atoms with van der Waals surface area (Å²) in [7, 11) is 0. The Bertz CT molecular complexity index is 1320. The number of ether oxygens (including phenoxy) is 1. The molecule has 0 radical (unpaired) electrons. The van der Waals surface area contributed by atoms with Gasteiger partial charge in [-0.3, -0.25) is 4.79 Å². The number of esters is 1. The summed E-state index contributed by atoms with van der Waals surface area (Å²) in [5, 5.41) is 3.19. The van der Waals surface area contributed by atoms with E-state index in [4.69, 9.17) is 16.3 Å². The maximum Gasteiger partial charge on any atom is 0.310 e. The summed E-state index contributed by atoms with van der Waals surface area (Å²) in [5.74, 6) is -0.205. The molecule has 166 valence electrons. The second kappa shape index (κ2) is 8.84. The molecule has 0 fully saturated rings. The number of rotatable bonds is 5. The van der Waals surface area contributed by atoms with E-state index in [1.807, 2.05) is 39.0 Å². The van der Waals surface area contributed by atoms with Gasteiger partial charge in [-0.2, -0.15) is 0 Å². The SMILES string of the molecule is CSc1c(CC(=O)OC(C)(C)C)cc(C)c2c3ccccc3n(Cc3cccc(Cl)c3)c12. The van der Waals surface area contributed by atoms with E-state index in [0.29, 0.717) is 6.54 Å². The zero-order valence-electron chi connectivity index (χ0n) is 19.2. The van der Waals surface area contributed by atoms with Gasteiger partial charge in [-0.15, -0.1) is 11.8 Å². The van der Waals surface area contributed by atoms with Gasteiger partial charge in [0.25, 0.3) is 0 Å². The normalized spacial score (nSPS) is 11.9. The van der Waals surface area contributed by atoms with Crippen molar-refractivity contribution < 1.29 is 9.53 Å². The number of aryl methyl sites for hydroxylation is 1. The summed E-state index contributed by atoms with van der Waals surface area (Å²) in [5.41, 5.74) is 5.15. The van der Waals surface area contributed by atoms with Gasteiger partial charge in [-0.1, -0.05) is 48.0 Å². The first kappa shape index (κ1) is 22.8. The van der Waals surface area contributed by atoms with Crippen molar-refractivity contribution in [2.75, 3.05) is 6.26 Å². The molecular weight excluding hydrogens is 438 g/mol. The van der Waals surface area contributed by atoms with Gasteiger partial charge >= 0.3 is 5.97 Å². The van der Waals surface area contributed by atoms with Gasteiger partial charge in [-0.05, 0) is 68.8 Å². The van der Waals surface area contributed by atoms with Crippen LogP contribution in [0.2, 0.25) is 5.02 Å². The molecule has 1 aromatic heterocycles. The molecule has 3 nitrogen and oxygen atoms in total. The molecule has 0 aliphatic heterocycles. The number of fused-ring (bicyclic) bond motifs is 3. The second-order valence-electron chi connectivity index (χ2n) is 9.11. The largest absolute Gasteiger partial charge is 0.460 e. The van der Waals surface area contributed by atoms with Crippen LogP contribution in [0, 0.1) is 6.92 Å². The molecule has 0 aliphatic carbocycles. The molecule has 0 saturated carbocycles. The summed E-state index contributed by atoms with van der Waals surface area (Å²) in [6.07, 6.45) is 2.33. The van der Waals surface area contributed by atoms with Crippen LogP contribution >= 0.6 is 23.4 Å². The third kappa shape index (κ3) is 4.53. The van der Waals surface area contributed by atoms with Gasteiger partial charge in [0.2, 0.25) is 0 Å². The Kier molecular flexibility index (Phi) is 6.28. The Hall–Kier alpha value is -2.43. The monoisotopic (exact) mass is 465 g/mol. The molecule has 4 aromatic rings. The lowest BCUT2D eigenvalue weighted by molar-refractivity contribution is -0.153. The first-order valence-electron chi connectivity index (χ1n) is 10.7. The number of hydrogen-bond donors (Lipinski definition) is 0. The van der Waals surface area contributed by atoms with Crippen molar-refractivity contribution in [2.24, 2.45) is 0 Å². The summed E-state index contributed by atoms with van der Waals surface area (Å²) in [6.45, 7) is 8.53. The summed E-state index contributed by atoms with van der Waals surface area (Å²) < 4.78 is 7.98. The Morgan fingerprint density at radius 1 is 1.09 bits per heavy atom. The lowest BCUT2D eigenvalue weighted by atomic mass is 10.0. The van der Waals surface area contributed by atoms with E-state index in [1.165, 1.54) is 16.3 Å². The molecule has 0 atom stereocenters. The molecule has 3 aromatic carbocycles. The zero-order valence-corrected chi connectivity index (χ0v) is 20.7. The Morgan fingerprint density at radius 2 is 1.84 bits per heavy atom. The van der Waals surface area contributed by atoms with Gasteiger partial charge in [0, 0.05) is 32.8 Å². The maximum atomic E-state index is 12.7. The molecule has 0 amide bonds. The van der Waals surface area contributed by atoms with E-state index in [2.05, 4.69) is 54.1 Å². The van der Waals surface area contributed by atoms with Gasteiger partial charge in [-0.25, -0.2) is 0 Å². The van der Waals surface area contributed by atoms with Crippen molar-refractivity contribution in [3.8, 4) is 0 Å². The van der Waals surface area contributed by atoms with Crippen molar-refractivity contribution >= 4 is 51.1 Å². The molecule has 0 unspecified atom stereocenters. The van der Waals surface area contributed by atoms with Crippen LogP contribution in [0.15, 0.2) is 59.5 Å². The van der Waals surface area contributed by atoms with Crippen LogP contribution in [-0.4, -0.2) is 22.4 Å². The number of carbonyl (C=O) groups excluding carboxylic acids is 1. The highest BCUT2D eigenvalue weighted by atomic mass is 35.5. The highest BCUT2D eigenvalue weighted by Crippen LogP contribution is 2.40. The fourth-order valence-electron chi connectivity index (χ4n) is 4.36. The minimum Gasteiger partial charge on any atom is -0.460 e. The van der Waals surface area contributed by atoms with Gasteiger partial charge in [0.05, 0.1) is 11.9 Å². The van der Waals surface area contributed by atoms with Gasteiger partial charge in [0.1, 0.15) is 5.60 Å². The smallest absolute Gasteiger partial charge is 0.310 e. The van der Waals surface area contributed by atoms with Crippen LogP contribution in [0.25, 0.3) is 21.8 Å². The van der Waals surface area contributed by atoms with Crippen LogP contribution in [0.4, 0.5) is 0 Å². The second-order valence-corrected chi connectivity index (χ2v) is 10.4. The van der Waals surface area contributed by atoms with Crippen LogP contribution in [0.1, 0.15) is 37.5 Å². The molecule has 0 aliphatic rings. The fourth-order valence-corrected chi connectivity index (χ4v) is 5.38. The maximum absolute atomic E-state index is 12.7. The number of halogens is 1. The van der Waals surface area contributed by atoms with Gasteiger partial charge < -0.3 is 9.30 Å². The zero-order chi connectivity index (χ0) is 23.0. The minimum absolute atomic E-state index is 0.205. The predicted molar refractivity (Wildman–Crippen MR) is 136 cm³/mol. The molecule has 0 bridgehead atoms. The topological polar surface area (TPSA) is 31.2 Å². The number of carbonyl (C=O) groups is 1. The third-order valence-corrected chi connectivity index (χ3v) is 6.55. The third-order valence-electron chi connectivity index (χ3n) is 5.45. The van der Waals surface area contributed by atoms with Crippen molar-refractivity contribution in [1.29, 1.82) is 0 Å². The summed E-state index contributed by atoms with van der Waals surface area (Å²) in [6, 6.07) is 18.6. The van der Waals surface area contributed by atoms with Crippen LogP contribution in [0.3, 0.4) is 0 Å². The van der Waals surface area contributed by atoms with E-state index in [-0.39, 0.29) is 12.4 Å². The van der Waals surface area contributed by atoms with E-state index in [1.54, 1.807) is 11.8 Å². The van der Waals surface area contributed by atoms with Crippen LogP contribution < -0.4 is 0 Å². The number of para-hydroxylation sites is 1. The highest BCUT2D eigenvalue weighted by Gasteiger charge is 2.22. The van der Waals surface area contributed by atoms with E-state index < -0.39 is 5.60 Å². The molecule has 0 spiro atoms. The highest BCUT2D eigenvalue weighted by molar-refractivity contribution is 7.98. The number of hydrogen-bond acceptors (Lipinski definition) is 3. The van der Waals surface area contributed by atoms with Crippen LogP contribution in [-0.2, 0) is 22.5 Å². The van der Waals surface area contributed by atoms with Crippen molar-refractivity contribution in [3.05, 3.63) is 76.3 Å². The molecular formula is C27H28ClNO2S. The van der Waals surface area contributed by atoms with E-state index in [0.717, 1.165) is 32.1 Å². The lowest BCUT2D eigenvalue weighted by Gasteiger charge is -2.20. The molecule has 0 saturated heterocycles. The first-order chi connectivity index (χ1) is 15.2. The predicted octanol–water partition coefficient (Wildman–Crippen LogP) is 7.41. The van der Waals surface area contributed by atoms with Gasteiger partial charge in [0.15, 0.2) is 0 Å². The Labute approximate surface area is 198 Å². The molecule has 0 N–H and O–H groups in total. The first-order valence-corrected chi connectivity index (χ1v) is 12.3. The van der Waals surface area contributed by atoms with E-state index in [9.17, 15) is 4.79 Å². The standard InChI is InChI=1S/C27H28ClNO2S/c1-17-13-19(15-23(30)31-27(2,3)4)26(32-5)25-24(17)21-11-6-7-12-22(21)29(25)16-18-9-8-10-20(28)14-18/h6-14H,15-16H2,1-5H3. The fraction of sp³-hybridized carbons (Fsp3) is 0.296. The number of benzene rings is 3. The van der Waals surface area contributed by atoms with Crippen LogP contribution in [0.5, 0.6) is 0 Å². The van der Waals surface area contributed by atoms with Crippen molar-refractivity contribution in [2.45, 2.75) is 51.2 Å². The minimum atomic E-state index is -0.503. The average molecular weight is 466 g/mol. The quantitative estimate of drug-likeness (QED) is 0.227. The lowest BCUT2D eigenvalue weighted by Crippen LogP contribution is -2.25. The van der Waals surface area contributed by atoms with Crippen molar-refractivity contribution in [3.63, 3.8) is 0 Å². The Balaban J connectivity index is 1.94. The molecule has 1 heterocycles. The number of thioether (sulfide) groups is 1.